The first-order valence-electron chi connectivity index (χ1n) is 9.02. The lowest BCUT2D eigenvalue weighted by Crippen LogP contribution is -2.47. The summed E-state index contributed by atoms with van der Waals surface area (Å²) in [6.45, 7) is 2.02. The fourth-order valence-corrected chi connectivity index (χ4v) is 4.40. The topological polar surface area (TPSA) is 58.6 Å². The van der Waals surface area contributed by atoms with Gasteiger partial charge in [0.2, 0.25) is 11.8 Å². The molecule has 0 aromatic heterocycles. The van der Waals surface area contributed by atoms with Crippen LogP contribution in [0.1, 0.15) is 18.1 Å². The Morgan fingerprint density at radius 3 is 2.45 bits per heavy atom. The summed E-state index contributed by atoms with van der Waals surface area (Å²) in [4.78, 5) is 26.7. The van der Waals surface area contributed by atoms with Gasteiger partial charge in [-0.3, -0.25) is 9.59 Å². The maximum Gasteiger partial charge on any atom is 0.242 e. The molecule has 0 heterocycles. The monoisotopic (exact) mass is 454 g/mol. The molecular weight excluding hydrogens is 431 g/mol. The summed E-state index contributed by atoms with van der Waals surface area (Å²) in [7, 11) is 3.15. The first kappa shape index (κ1) is 23.4. The van der Waals surface area contributed by atoms with Gasteiger partial charge in [0.25, 0.3) is 0 Å². The van der Waals surface area contributed by atoms with Crippen LogP contribution < -0.4 is 10.1 Å². The lowest BCUT2D eigenvalue weighted by molar-refractivity contribution is -0.138. The number of methoxy groups -OCH3 is 1. The van der Waals surface area contributed by atoms with Crippen molar-refractivity contribution in [3.63, 3.8) is 0 Å². The maximum absolute atomic E-state index is 13.0. The van der Waals surface area contributed by atoms with E-state index in [1.54, 1.807) is 44.2 Å². The number of benzene rings is 2. The van der Waals surface area contributed by atoms with Crippen LogP contribution in [0.25, 0.3) is 0 Å². The average Bonchev–Trinajstić information content (AvgIpc) is 2.73. The lowest BCUT2D eigenvalue weighted by Gasteiger charge is -2.28. The van der Waals surface area contributed by atoms with Crippen molar-refractivity contribution in [1.82, 2.24) is 10.2 Å². The fourth-order valence-electron chi connectivity index (χ4n) is 2.75. The van der Waals surface area contributed by atoms with Crippen molar-refractivity contribution in [1.29, 1.82) is 0 Å². The highest BCUT2D eigenvalue weighted by Crippen LogP contribution is 2.28. The van der Waals surface area contributed by atoms with Crippen LogP contribution in [0.15, 0.2) is 42.5 Å². The van der Waals surface area contributed by atoms with Crippen LogP contribution in [0.4, 0.5) is 0 Å². The molecule has 0 aliphatic carbocycles. The maximum atomic E-state index is 13.0. The number of nitrogens with one attached hydrogen (secondary N) is 1. The van der Waals surface area contributed by atoms with Crippen molar-refractivity contribution in [3.05, 3.63) is 63.6 Å². The molecule has 5 nitrogen and oxygen atoms in total. The van der Waals surface area contributed by atoms with Crippen molar-refractivity contribution in [2.45, 2.75) is 25.3 Å². The third-order valence-corrected chi connectivity index (χ3v) is 6.09. The predicted octanol–water partition coefficient (Wildman–Crippen LogP) is 4.40. The number of rotatable bonds is 9. The predicted molar refractivity (Wildman–Crippen MR) is 120 cm³/mol. The van der Waals surface area contributed by atoms with Crippen molar-refractivity contribution in [2.24, 2.45) is 0 Å². The zero-order valence-corrected chi connectivity index (χ0v) is 18.9. The summed E-state index contributed by atoms with van der Waals surface area (Å²) >= 11 is 13.8. The molecule has 2 aromatic carbocycles. The van der Waals surface area contributed by atoms with Gasteiger partial charge >= 0.3 is 0 Å². The largest absolute Gasteiger partial charge is 0.497 e. The summed E-state index contributed by atoms with van der Waals surface area (Å²) < 4.78 is 5.25. The molecule has 0 saturated heterocycles. The molecule has 0 aliphatic rings. The zero-order valence-electron chi connectivity index (χ0n) is 16.6. The van der Waals surface area contributed by atoms with Crippen LogP contribution in [-0.2, 0) is 21.9 Å². The number of carbonyl (C=O) groups is 2. The van der Waals surface area contributed by atoms with Gasteiger partial charge in [0, 0.05) is 29.4 Å². The summed E-state index contributed by atoms with van der Waals surface area (Å²) in [6, 6.07) is 12.2. The van der Waals surface area contributed by atoms with Crippen LogP contribution in [-0.4, -0.2) is 42.7 Å². The molecule has 0 bridgehead atoms. The second-order valence-corrected chi connectivity index (χ2v) is 8.16. The number of hydrogen-bond acceptors (Lipinski definition) is 4. The molecular formula is C21H24Cl2N2O3S. The Morgan fingerprint density at radius 1 is 1.17 bits per heavy atom. The van der Waals surface area contributed by atoms with Crippen molar-refractivity contribution < 1.29 is 14.3 Å². The summed E-state index contributed by atoms with van der Waals surface area (Å²) in [6.07, 6.45) is 0. The second kappa shape index (κ2) is 11.3. The van der Waals surface area contributed by atoms with Gasteiger partial charge in [0.1, 0.15) is 11.8 Å². The van der Waals surface area contributed by atoms with E-state index in [-0.39, 0.29) is 17.6 Å². The Balaban J connectivity index is 2.10. The molecule has 0 aliphatic heterocycles. The van der Waals surface area contributed by atoms with Gasteiger partial charge in [0.15, 0.2) is 0 Å². The van der Waals surface area contributed by atoms with E-state index in [1.807, 2.05) is 24.3 Å². The van der Waals surface area contributed by atoms with E-state index in [0.717, 1.165) is 11.1 Å². The number of amides is 2. The summed E-state index contributed by atoms with van der Waals surface area (Å²) in [5.41, 5.74) is 1.68. The average molecular weight is 455 g/mol. The molecule has 29 heavy (non-hydrogen) atoms. The number of thioether (sulfide) groups is 1. The molecule has 0 fully saturated rings. The summed E-state index contributed by atoms with van der Waals surface area (Å²) in [5, 5.41) is 3.75. The number of carbonyl (C=O) groups excluding carboxylic acids is 2. The van der Waals surface area contributed by atoms with E-state index in [0.29, 0.717) is 28.1 Å². The molecule has 2 aromatic rings. The van der Waals surface area contributed by atoms with Crippen molar-refractivity contribution in [2.75, 3.05) is 19.9 Å². The molecule has 0 spiro atoms. The highest BCUT2D eigenvalue weighted by atomic mass is 35.5. The van der Waals surface area contributed by atoms with Crippen molar-refractivity contribution >= 4 is 46.8 Å². The Kier molecular flexibility index (Phi) is 9.14. The molecule has 0 radical (unpaired) electrons. The van der Waals surface area contributed by atoms with Crippen LogP contribution in [0.2, 0.25) is 10.0 Å². The molecule has 8 heteroatoms. The van der Waals surface area contributed by atoms with E-state index in [9.17, 15) is 9.59 Å². The van der Waals surface area contributed by atoms with Gasteiger partial charge in [0.05, 0.1) is 12.9 Å². The standard InChI is InChI=1S/C21H24Cl2N2O3S/c1-14(21(27)24-2)25(11-15-6-4-7-16(10-15)28-3)20(26)13-29-12-17-18(22)8-5-9-19(17)23/h4-10,14H,11-13H2,1-3H3,(H,24,27)/t14-/m1/s1. The van der Waals surface area contributed by atoms with Crippen LogP contribution in [0, 0.1) is 0 Å². The Morgan fingerprint density at radius 2 is 1.83 bits per heavy atom. The fraction of sp³-hybridized carbons (Fsp3) is 0.333. The Hall–Kier alpha value is -1.89. The van der Waals surface area contributed by atoms with Gasteiger partial charge in [-0.25, -0.2) is 0 Å². The third kappa shape index (κ3) is 6.56. The van der Waals surface area contributed by atoms with Crippen LogP contribution in [0.3, 0.4) is 0 Å². The van der Waals surface area contributed by atoms with Crippen LogP contribution >= 0.6 is 35.0 Å². The first-order valence-corrected chi connectivity index (χ1v) is 10.9. The molecule has 1 N–H and O–H groups in total. The van der Waals surface area contributed by atoms with E-state index < -0.39 is 6.04 Å². The van der Waals surface area contributed by atoms with Gasteiger partial charge in [-0.15, -0.1) is 11.8 Å². The molecule has 2 rings (SSSR count). The van der Waals surface area contributed by atoms with Crippen LogP contribution in [0.5, 0.6) is 5.75 Å². The van der Waals surface area contributed by atoms with Gasteiger partial charge in [-0.05, 0) is 42.3 Å². The molecule has 0 saturated carbocycles. The Labute approximate surface area is 185 Å². The minimum absolute atomic E-state index is 0.142. The smallest absolute Gasteiger partial charge is 0.242 e. The number of hydrogen-bond donors (Lipinski definition) is 1. The van der Waals surface area contributed by atoms with E-state index >= 15 is 0 Å². The quantitative estimate of drug-likeness (QED) is 0.609. The number of likely N-dealkylation sites (N-methyl/N-ethyl adjacent to an activating group) is 1. The van der Waals surface area contributed by atoms with Gasteiger partial charge in [-0.1, -0.05) is 41.4 Å². The van der Waals surface area contributed by atoms with Gasteiger partial charge < -0.3 is 15.0 Å². The second-order valence-electron chi connectivity index (χ2n) is 6.36. The molecule has 2 amide bonds. The first-order chi connectivity index (χ1) is 13.9. The minimum Gasteiger partial charge on any atom is -0.497 e. The number of halogens is 2. The molecule has 0 unspecified atom stereocenters. The Bertz CT molecular complexity index is 843. The number of nitrogens with zero attached hydrogens (tertiary/aromatic N) is 1. The molecule has 1 atom stereocenters. The normalized spacial score (nSPS) is 11.6. The van der Waals surface area contributed by atoms with Crippen molar-refractivity contribution in [3.8, 4) is 5.75 Å². The molecule has 156 valence electrons. The SMILES string of the molecule is CNC(=O)[C@@H](C)N(Cc1cccc(OC)c1)C(=O)CSCc1c(Cl)cccc1Cl. The van der Waals surface area contributed by atoms with E-state index in [1.165, 1.54) is 11.8 Å². The van der Waals surface area contributed by atoms with E-state index in [4.69, 9.17) is 27.9 Å². The zero-order chi connectivity index (χ0) is 21.4. The highest BCUT2D eigenvalue weighted by Gasteiger charge is 2.25. The lowest BCUT2D eigenvalue weighted by atomic mass is 10.1. The number of ether oxygens (including phenoxy) is 1. The third-order valence-electron chi connectivity index (χ3n) is 4.43. The van der Waals surface area contributed by atoms with E-state index in [2.05, 4.69) is 5.32 Å². The van der Waals surface area contributed by atoms with Gasteiger partial charge in [-0.2, -0.15) is 0 Å². The highest BCUT2D eigenvalue weighted by molar-refractivity contribution is 7.99. The minimum atomic E-state index is -0.608. The summed E-state index contributed by atoms with van der Waals surface area (Å²) in [5.74, 6) is 1.04.